The van der Waals surface area contributed by atoms with Gasteiger partial charge in [0.1, 0.15) is 18.3 Å². The Bertz CT molecular complexity index is 1460. The van der Waals surface area contributed by atoms with Gasteiger partial charge in [-0.25, -0.2) is 8.42 Å². The predicted molar refractivity (Wildman–Crippen MR) is 174 cm³/mol. The molecule has 0 unspecified atom stereocenters. The number of rotatable bonds is 15. The number of carbonyl (C=O) groups excluding carboxylic acids is 2. The Hall–Kier alpha value is -3.50. The number of anilines is 1. The fourth-order valence-corrected chi connectivity index (χ4v) is 6.47. The summed E-state index contributed by atoms with van der Waals surface area (Å²) in [6.07, 6.45) is 3.03. The molecule has 2 atom stereocenters. The van der Waals surface area contributed by atoms with Crippen LogP contribution in [-0.4, -0.2) is 56.6 Å². The van der Waals surface area contributed by atoms with Crippen LogP contribution < -0.4 is 14.4 Å². The molecule has 0 heterocycles. The molecule has 1 N–H and O–H groups in total. The summed E-state index contributed by atoms with van der Waals surface area (Å²) in [5.41, 5.74) is 2.19. The molecule has 0 aliphatic rings. The number of nitrogens with zero attached hydrogens (tertiary/aromatic N) is 2. The molecule has 232 valence electrons. The topological polar surface area (TPSA) is 96.0 Å². The van der Waals surface area contributed by atoms with E-state index in [1.165, 1.54) is 16.7 Å². The van der Waals surface area contributed by atoms with Crippen LogP contribution in [-0.2, 0) is 26.2 Å². The van der Waals surface area contributed by atoms with Gasteiger partial charge in [-0.15, -0.1) is 11.8 Å². The van der Waals surface area contributed by atoms with Gasteiger partial charge < -0.3 is 15.0 Å². The van der Waals surface area contributed by atoms with E-state index >= 15 is 0 Å². The predicted octanol–water partition coefficient (Wildman–Crippen LogP) is 6.03. The van der Waals surface area contributed by atoms with Crippen molar-refractivity contribution in [2.24, 2.45) is 0 Å². The Morgan fingerprint density at radius 1 is 0.953 bits per heavy atom. The van der Waals surface area contributed by atoms with Crippen LogP contribution in [0.2, 0.25) is 0 Å². The molecule has 0 radical (unpaired) electrons. The van der Waals surface area contributed by atoms with E-state index in [9.17, 15) is 18.0 Å². The molecule has 0 saturated carbocycles. The van der Waals surface area contributed by atoms with Crippen LogP contribution in [0.3, 0.4) is 0 Å². The molecule has 0 bridgehead atoms. The summed E-state index contributed by atoms with van der Waals surface area (Å²) in [5.74, 6) is -0.153. The van der Waals surface area contributed by atoms with Gasteiger partial charge in [0.05, 0.1) is 17.2 Å². The van der Waals surface area contributed by atoms with Gasteiger partial charge in [-0.2, -0.15) is 0 Å². The highest BCUT2D eigenvalue weighted by atomic mass is 32.2. The van der Waals surface area contributed by atoms with Crippen molar-refractivity contribution >= 4 is 39.3 Å². The molecule has 0 aliphatic carbocycles. The number of benzene rings is 3. The van der Waals surface area contributed by atoms with E-state index < -0.39 is 28.5 Å². The third kappa shape index (κ3) is 9.00. The quantitative estimate of drug-likeness (QED) is 0.207. The lowest BCUT2D eigenvalue weighted by molar-refractivity contribution is -0.140. The van der Waals surface area contributed by atoms with Crippen LogP contribution in [0.4, 0.5) is 5.69 Å². The largest absolute Gasteiger partial charge is 0.494 e. The Labute approximate surface area is 260 Å². The minimum Gasteiger partial charge on any atom is -0.494 e. The molecule has 43 heavy (non-hydrogen) atoms. The Kier molecular flexibility index (Phi) is 12.5. The van der Waals surface area contributed by atoms with E-state index in [0.29, 0.717) is 24.5 Å². The van der Waals surface area contributed by atoms with E-state index in [2.05, 4.69) is 5.32 Å². The van der Waals surface area contributed by atoms with Crippen molar-refractivity contribution in [3.63, 3.8) is 0 Å². The minimum atomic E-state index is -4.15. The second-order valence-electron chi connectivity index (χ2n) is 10.4. The Balaban J connectivity index is 2.07. The molecule has 0 saturated heterocycles. The lowest BCUT2D eigenvalue weighted by atomic mass is 10.1. The second-order valence-corrected chi connectivity index (χ2v) is 13.1. The van der Waals surface area contributed by atoms with Crippen molar-refractivity contribution < 1.29 is 22.7 Å². The van der Waals surface area contributed by atoms with Crippen molar-refractivity contribution in [1.29, 1.82) is 0 Å². The molecule has 3 aromatic rings. The SMILES string of the molecule is CCOc1ccc(N(CC(=O)N(Cc2cccc(C)c2)[C@@H](CC)C(=O)N[C@H](C)CC)S(=O)(=O)c2ccc(SC)cc2)cc1. The summed E-state index contributed by atoms with van der Waals surface area (Å²) in [6, 6.07) is 20.1. The number of ether oxygens (including phenoxy) is 1. The van der Waals surface area contributed by atoms with Crippen LogP contribution >= 0.6 is 11.8 Å². The van der Waals surface area contributed by atoms with Crippen LogP contribution in [0.1, 0.15) is 51.7 Å². The van der Waals surface area contributed by atoms with Gasteiger partial charge in [0.2, 0.25) is 11.8 Å². The fourth-order valence-electron chi connectivity index (χ4n) is 4.65. The lowest BCUT2D eigenvalue weighted by Gasteiger charge is -2.33. The number of sulfonamides is 1. The Morgan fingerprint density at radius 3 is 2.19 bits per heavy atom. The van der Waals surface area contributed by atoms with Crippen molar-refractivity contribution in [1.82, 2.24) is 10.2 Å². The number of aryl methyl sites for hydroxylation is 1. The first kappa shape index (κ1) is 34.0. The van der Waals surface area contributed by atoms with Gasteiger partial charge in [-0.1, -0.05) is 43.7 Å². The summed E-state index contributed by atoms with van der Waals surface area (Å²) < 4.78 is 34.9. The third-order valence-corrected chi connectivity index (χ3v) is 9.72. The standard InChI is InChI=1S/C33H43N3O5S2/c1-7-25(5)34-33(38)31(8-2)35(22-26-12-10-11-24(4)21-26)32(37)23-36(27-13-15-28(16-14-27)41-9-3)43(39,40)30-19-17-29(42-6)18-20-30/h10-21,25,31H,7-9,22-23H2,1-6H3,(H,34,38)/t25-,31+/m1/s1. The summed E-state index contributed by atoms with van der Waals surface area (Å²) in [6.45, 7) is 9.72. The van der Waals surface area contributed by atoms with E-state index in [1.807, 2.05) is 65.1 Å². The van der Waals surface area contributed by atoms with Gasteiger partial charge in [0, 0.05) is 17.5 Å². The highest BCUT2D eigenvalue weighted by molar-refractivity contribution is 7.98. The molecule has 0 fully saturated rings. The smallest absolute Gasteiger partial charge is 0.264 e. The second kappa shape index (κ2) is 15.8. The van der Waals surface area contributed by atoms with Crippen molar-refractivity contribution in [3.8, 4) is 5.75 Å². The van der Waals surface area contributed by atoms with E-state index in [0.717, 1.165) is 26.7 Å². The van der Waals surface area contributed by atoms with Crippen molar-refractivity contribution in [3.05, 3.63) is 83.9 Å². The summed E-state index contributed by atoms with van der Waals surface area (Å²) >= 11 is 1.51. The molecular formula is C33H43N3O5S2. The normalized spacial score (nSPS) is 12.7. The average Bonchev–Trinajstić information content (AvgIpc) is 3.00. The molecule has 0 aliphatic heterocycles. The lowest BCUT2D eigenvalue weighted by Crippen LogP contribution is -2.53. The first-order valence-electron chi connectivity index (χ1n) is 14.6. The van der Waals surface area contributed by atoms with Crippen LogP contribution in [0.5, 0.6) is 5.75 Å². The Morgan fingerprint density at radius 2 is 1.63 bits per heavy atom. The molecule has 2 amide bonds. The zero-order valence-electron chi connectivity index (χ0n) is 25.9. The van der Waals surface area contributed by atoms with Crippen molar-refractivity contribution in [2.45, 2.75) is 75.9 Å². The number of nitrogens with one attached hydrogen (secondary N) is 1. The first-order valence-corrected chi connectivity index (χ1v) is 17.2. The third-order valence-electron chi connectivity index (χ3n) is 7.18. The van der Waals surface area contributed by atoms with E-state index in [1.54, 1.807) is 48.5 Å². The van der Waals surface area contributed by atoms with Crippen molar-refractivity contribution in [2.75, 3.05) is 23.7 Å². The maximum atomic E-state index is 14.2. The average molecular weight is 626 g/mol. The summed E-state index contributed by atoms with van der Waals surface area (Å²) in [7, 11) is -4.15. The number of carbonyl (C=O) groups is 2. The van der Waals surface area contributed by atoms with E-state index in [-0.39, 0.29) is 23.4 Å². The molecule has 3 aromatic carbocycles. The van der Waals surface area contributed by atoms with Gasteiger partial charge in [-0.3, -0.25) is 13.9 Å². The van der Waals surface area contributed by atoms with Crippen LogP contribution in [0.25, 0.3) is 0 Å². The highest BCUT2D eigenvalue weighted by Gasteiger charge is 2.34. The number of hydrogen-bond acceptors (Lipinski definition) is 6. The van der Waals surface area contributed by atoms with Gasteiger partial charge in [0.15, 0.2) is 0 Å². The molecule has 8 nitrogen and oxygen atoms in total. The summed E-state index contributed by atoms with van der Waals surface area (Å²) in [5, 5.41) is 3.00. The maximum absolute atomic E-state index is 14.2. The number of thioether (sulfide) groups is 1. The highest BCUT2D eigenvalue weighted by Crippen LogP contribution is 2.28. The van der Waals surface area contributed by atoms with Crippen LogP contribution in [0.15, 0.2) is 82.6 Å². The molecule has 0 aromatic heterocycles. The van der Waals surface area contributed by atoms with Gasteiger partial charge >= 0.3 is 0 Å². The van der Waals surface area contributed by atoms with Crippen LogP contribution in [0, 0.1) is 6.92 Å². The minimum absolute atomic E-state index is 0.0672. The van der Waals surface area contributed by atoms with E-state index in [4.69, 9.17) is 4.74 Å². The van der Waals surface area contributed by atoms with Gasteiger partial charge in [-0.05, 0) is 94.0 Å². The fraction of sp³-hybridized carbons (Fsp3) is 0.394. The monoisotopic (exact) mass is 625 g/mol. The zero-order chi connectivity index (χ0) is 31.6. The number of amides is 2. The molecular weight excluding hydrogens is 583 g/mol. The molecule has 3 rings (SSSR count). The molecule has 10 heteroatoms. The van der Waals surface area contributed by atoms with Gasteiger partial charge in [0.25, 0.3) is 10.0 Å². The maximum Gasteiger partial charge on any atom is 0.264 e. The number of hydrogen-bond donors (Lipinski definition) is 1. The first-order chi connectivity index (χ1) is 20.5. The summed E-state index contributed by atoms with van der Waals surface area (Å²) in [4.78, 5) is 30.2. The molecule has 0 spiro atoms. The zero-order valence-corrected chi connectivity index (χ0v) is 27.5.